The number of pyridine rings is 1. The Morgan fingerprint density at radius 3 is 2.15 bits per heavy atom. The van der Waals surface area contributed by atoms with Gasteiger partial charge >= 0.3 is 12.4 Å². The normalized spacial score (nSPS) is 13.6. The average molecular weight is 522 g/mol. The molecule has 0 amide bonds. The number of hydrogen-bond acceptors (Lipinski definition) is 8. The predicted molar refractivity (Wildman–Crippen MR) is 110 cm³/mol. The highest BCUT2D eigenvalue weighted by Gasteiger charge is 2.34. The Labute approximate surface area is 192 Å². The molecule has 3 aromatic rings. The number of halogens is 4. The molecule has 12 heteroatoms. The van der Waals surface area contributed by atoms with Gasteiger partial charge in [-0.05, 0) is 52.3 Å². The first-order chi connectivity index (χ1) is 15.7. The second-order valence-electron chi connectivity index (χ2n) is 6.47. The van der Waals surface area contributed by atoms with Crippen molar-refractivity contribution < 1.29 is 37.0 Å². The number of allylic oxidation sites excluding steroid dienone is 2. The summed E-state index contributed by atoms with van der Waals surface area (Å²) in [6.45, 7) is 0. The molecule has 0 aliphatic heterocycles. The summed E-state index contributed by atoms with van der Waals surface area (Å²) in [7, 11) is 1.29. The van der Waals surface area contributed by atoms with Crippen molar-refractivity contribution >= 4 is 27.5 Å². The topological polar surface area (TPSA) is 100 Å². The fraction of sp³-hybridized carbons (Fsp3) is 0.0952. The number of aromatic nitrogens is 3. The maximum Gasteiger partial charge on any atom is 0.573 e. The van der Waals surface area contributed by atoms with E-state index in [0.29, 0.717) is 11.3 Å². The van der Waals surface area contributed by atoms with Gasteiger partial charge < -0.3 is 14.2 Å². The first kappa shape index (κ1) is 22.4. The molecule has 0 saturated heterocycles. The highest BCUT2D eigenvalue weighted by atomic mass is 79.9. The zero-order chi connectivity index (χ0) is 23.8. The van der Waals surface area contributed by atoms with E-state index >= 15 is 0 Å². The number of fused-ring (bicyclic) bond motifs is 1. The Morgan fingerprint density at radius 1 is 0.909 bits per heavy atom. The van der Waals surface area contributed by atoms with E-state index in [0.717, 1.165) is 12.1 Å². The lowest BCUT2D eigenvalue weighted by molar-refractivity contribution is -0.274. The van der Waals surface area contributed by atoms with E-state index in [1.165, 1.54) is 43.8 Å². The second-order valence-corrected chi connectivity index (χ2v) is 7.27. The summed E-state index contributed by atoms with van der Waals surface area (Å²) in [6.07, 6.45) is -2.01. The third-order valence-corrected chi connectivity index (χ3v) is 5.07. The number of ketones is 2. The summed E-state index contributed by atoms with van der Waals surface area (Å²) < 4.78 is 50.9. The van der Waals surface area contributed by atoms with E-state index in [-0.39, 0.29) is 33.3 Å². The van der Waals surface area contributed by atoms with Gasteiger partial charge in [0.25, 0.3) is 0 Å². The molecule has 0 N–H and O–H groups in total. The van der Waals surface area contributed by atoms with E-state index in [4.69, 9.17) is 9.47 Å². The molecule has 168 valence electrons. The fourth-order valence-corrected chi connectivity index (χ4v) is 3.43. The molecule has 2 aromatic heterocycles. The number of benzene rings is 1. The standard InChI is InChI=1S/C21H11BrF3N3O5/c1-31-19-15(22)18(30)16-13(17(19)29)6-7-14(28-16)10-8-26-20(27-9-10)32-11-2-4-12(5-3-11)33-21(23,24)25/h2-9H,1H3. The maximum atomic E-state index is 12.6. The monoisotopic (exact) mass is 521 g/mol. The number of Topliss-reactive ketones (excluding diaryl/α,β-unsaturated/α-hetero) is 2. The molecule has 0 saturated carbocycles. The number of ether oxygens (including phenoxy) is 3. The minimum atomic E-state index is -4.79. The van der Waals surface area contributed by atoms with Gasteiger partial charge in [-0.25, -0.2) is 15.0 Å². The third kappa shape index (κ3) is 4.70. The lowest BCUT2D eigenvalue weighted by Crippen LogP contribution is -2.22. The molecule has 1 aromatic carbocycles. The average Bonchev–Trinajstić information content (AvgIpc) is 2.78. The molecule has 0 unspecified atom stereocenters. The Morgan fingerprint density at radius 2 is 1.55 bits per heavy atom. The van der Waals surface area contributed by atoms with Gasteiger partial charge in [0.1, 0.15) is 21.7 Å². The van der Waals surface area contributed by atoms with E-state index < -0.39 is 23.7 Å². The van der Waals surface area contributed by atoms with Crippen LogP contribution in [0.4, 0.5) is 13.2 Å². The minimum Gasteiger partial charge on any atom is -0.491 e. The first-order valence-corrected chi connectivity index (χ1v) is 9.86. The van der Waals surface area contributed by atoms with Crippen LogP contribution in [0.15, 0.2) is 59.0 Å². The Bertz CT molecular complexity index is 1280. The quantitative estimate of drug-likeness (QED) is 0.469. The Kier molecular flexibility index (Phi) is 5.85. The van der Waals surface area contributed by atoms with Crippen molar-refractivity contribution in [2.45, 2.75) is 6.36 Å². The minimum absolute atomic E-state index is 0.0150. The number of carbonyl (C=O) groups is 2. The highest BCUT2D eigenvalue weighted by Crippen LogP contribution is 2.31. The van der Waals surface area contributed by atoms with E-state index in [2.05, 4.69) is 35.6 Å². The van der Waals surface area contributed by atoms with Gasteiger partial charge in [-0.3, -0.25) is 9.59 Å². The van der Waals surface area contributed by atoms with Gasteiger partial charge in [0, 0.05) is 18.0 Å². The lowest BCUT2D eigenvalue weighted by Gasteiger charge is -2.16. The SMILES string of the molecule is COC1=C(Br)C(=O)c2nc(-c3cnc(Oc4ccc(OC(F)(F)F)cc4)nc3)ccc2C1=O. The zero-order valence-corrected chi connectivity index (χ0v) is 18.1. The van der Waals surface area contributed by atoms with Crippen LogP contribution in [0, 0.1) is 0 Å². The largest absolute Gasteiger partial charge is 0.573 e. The summed E-state index contributed by atoms with van der Waals surface area (Å²) in [5.74, 6) is -1.26. The van der Waals surface area contributed by atoms with Crippen LogP contribution in [0.25, 0.3) is 11.3 Å². The number of rotatable bonds is 5. The van der Waals surface area contributed by atoms with Gasteiger partial charge in [0.15, 0.2) is 5.76 Å². The number of hydrogen-bond donors (Lipinski definition) is 0. The smallest absolute Gasteiger partial charge is 0.491 e. The molecule has 1 aliphatic rings. The van der Waals surface area contributed by atoms with Gasteiger partial charge in [-0.2, -0.15) is 0 Å². The molecular formula is C21H11BrF3N3O5. The Balaban J connectivity index is 1.52. The van der Waals surface area contributed by atoms with Crippen LogP contribution in [-0.2, 0) is 4.74 Å². The van der Waals surface area contributed by atoms with Crippen LogP contribution in [0.2, 0.25) is 0 Å². The van der Waals surface area contributed by atoms with Crippen molar-refractivity contribution in [3.63, 3.8) is 0 Å². The zero-order valence-electron chi connectivity index (χ0n) is 16.5. The molecule has 1 aliphatic carbocycles. The van der Waals surface area contributed by atoms with Crippen molar-refractivity contribution in [1.29, 1.82) is 0 Å². The number of alkyl halides is 3. The van der Waals surface area contributed by atoms with Crippen LogP contribution >= 0.6 is 15.9 Å². The third-order valence-electron chi connectivity index (χ3n) is 4.35. The first-order valence-electron chi connectivity index (χ1n) is 9.06. The highest BCUT2D eigenvalue weighted by molar-refractivity contribution is 9.12. The summed E-state index contributed by atoms with van der Waals surface area (Å²) in [5.41, 5.74) is 0.863. The van der Waals surface area contributed by atoms with Crippen molar-refractivity contribution in [3.05, 3.63) is 70.3 Å². The number of carbonyl (C=O) groups excluding carboxylic acids is 2. The van der Waals surface area contributed by atoms with E-state index in [1.54, 1.807) is 0 Å². The predicted octanol–water partition coefficient (Wildman–Crippen LogP) is 4.86. The summed E-state index contributed by atoms with van der Waals surface area (Å²) in [4.78, 5) is 37.4. The summed E-state index contributed by atoms with van der Waals surface area (Å²) in [6, 6.07) is 7.66. The fourth-order valence-electron chi connectivity index (χ4n) is 2.90. The molecule has 33 heavy (non-hydrogen) atoms. The summed E-state index contributed by atoms with van der Waals surface area (Å²) in [5, 5.41) is 0. The lowest BCUT2D eigenvalue weighted by atomic mass is 9.97. The van der Waals surface area contributed by atoms with Crippen LogP contribution in [-0.4, -0.2) is 40.0 Å². The molecule has 8 nitrogen and oxygen atoms in total. The molecular weight excluding hydrogens is 511 g/mol. The molecule has 4 rings (SSSR count). The molecule has 0 spiro atoms. The van der Waals surface area contributed by atoms with Crippen molar-refractivity contribution in [2.75, 3.05) is 7.11 Å². The van der Waals surface area contributed by atoms with E-state index in [9.17, 15) is 22.8 Å². The summed E-state index contributed by atoms with van der Waals surface area (Å²) >= 11 is 3.07. The van der Waals surface area contributed by atoms with Crippen LogP contribution in [0.3, 0.4) is 0 Å². The van der Waals surface area contributed by atoms with Crippen LogP contribution in [0.5, 0.6) is 17.5 Å². The second kappa shape index (κ2) is 8.62. The Hall–Kier alpha value is -3.80. The molecule has 0 atom stereocenters. The number of methoxy groups -OCH3 is 1. The van der Waals surface area contributed by atoms with Crippen LogP contribution in [0.1, 0.15) is 20.8 Å². The number of nitrogens with zero attached hydrogens (tertiary/aromatic N) is 3. The molecule has 2 heterocycles. The van der Waals surface area contributed by atoms with Gasteiger partial charge in [-0.1, -0.05) is 0 Å². The molecule has 0 bridgehead atoms. The van der Waals surface area contributed by atoms with Gasteiger partial charge in [-0.15, -0.1) is 13.2 Å². The van der Waals surface area contributed by atoms with Crippen molar-refractivity contribution in [2.24, 2.45) is 0 Å². The maximum absolute atomic E-state index is 12.6. The van der Waals surface area contributed by atoms with E-state index in [1.807, 2.05) is 0 Å². The molecule has 0 fully saturated rings. The van der Waals surface area contributed by atoms with Crippen LogP contribution < -0.4 is 9.47 Å². The molecule has 0 radical (unpaired) electrons. The van der Waals surface area contributed by atoms with Gasteiger partial charge in [0.2, 0.25) is 11.6 Å². The van der Waals surface area contributed by atoms with Gasteiger partial charge in [0.05, 0.1) is 18.4 Å². The van der Waals surface area contributed by atoms with Crippen molar-refractivity contribution in [3.8, 4) is 28.8 Å². The van der Waals surface area contributed by atoms with Crippen molar-refractivity contribution in [1.82, 2.24) is 15.0 Å².